The third kappa shape index (κ3) is 3.10. The fourth-order valence-electron chi connectivity index (χ4n) is 3.40. The first-order valence-corrected chi connectivity index (χ1v) is 8.22. The van der Waals surface area contributed by atoms with E-state index in [1.54, 1.807) is 6.08 Å². The molecular formula is C19H20O7. The molecule has 3 rings (SSSR count). The molecule has 0 saturated carbocycles. The average Bonchev–Trinajstić information content (AvgIpc) is 3.05. The van der Waals surface area contributed by atoms with Crippen molar-refractivity contribution in [1.29, 1.82) is 0 Å². The molecule has 5 atom stereocenters. The highest BCUT2D eigenvalue weighted by atomic mass is 16.6. The standard InChI is InChI=1S/C19H20O7/c1-8(2)17(21)25-13-7-11-6-12(24-19(11)23)5-9(3)15(20)16-14(13)10(4)18(22)26-16/h6,12-16,20H,1,3-5,7H2,2H3/t12-,13-,14+,15+,16-/m0/s1. The summed E-state index contributed by atoms with van der Waals surface area (Å²) in [5.41, 5.74) is 0.931. The van der Waals surface area contributed by atoms with Crippen molar-refractivity contribution in [2.24, 2.45) is 5.92 Å². The van der Waals surface area contributed by atoms with Crippen molar-refractivity contribution < 1.29 is 33.7 Å². The first-order valence-electron chi connectivity index (χ1n) is 8.22. The highest BCUT2D eigenvalue weighted by Crippen LogP contribution is 2.40. The maximum atomic E-state index is 12.1. The molecule has 0 aromatic heterocycles. The molecule has 3 aliphatic rings. The SMILES string of the molecule is C=C(C)C(=O)O[C@H]1CC2=C[C@H](CC(=C)[C@@H](O)[C@H]3OC(=O)C(=C)[C@@H]31)OC2=O. The lowest BCUT2D eigenvalue weighted by Gasteiger charge is -2.30. The fraction of sp³-hybridized carbons (Fsp3) is 0.421. The van der Waals surface area contributed by atoms with Crippen LogP contribution in [0.15, 0.2) is 48.1 Å². The molecule has 0 aromatic carbocycles. The van der Waals surface area contributed by atoms with Gasteiger partial charge in [0.05, 0.1) is 5.92 Å². The lowest BCUT2D eigenvalue weighted by Crippen LogP contribution is -2.41. The van der Waals surface area contributed by atoms with Crippen LogP contribution in [0.25, 0.3) is 0 Å². The molecule has 138 valence electrons. The number of rotatable bonds is 2. The topological polar surface area (TPSA) is 99.1 Å². The lowest BCUT2D eigenvalue weighted by atomic mass is 9.82. The van der Waals surface area contributed by atoms with Crippen molar-refractivity contribution in [3.63, 3.8) is 0 Å². The molecule has 1 N–H and O–H groups in total. The van der Waals surface area contributed by atoms with Crippen LogP contribution in [0, 0.1) is 5.92 Å². The van der Waals surface area contributed by atoms with Gasteiger partial charge in [-0.05, 0) is 18.6 Å². The van der Waals surface area contributed by atoms with E-state index >= 15 is 0 Å². The van der Waals surface area contributed by atoms with E-state index in [-0.39, 0.29) is 24.0 Å². The number of aliphatic hydroxyl groups excluding tert-OH is 1. The molecule has 0 amide bonds. The molecule has 7 nitrogen and oxygen atoms in total. The van der Waals surface area contributed by atoms with Crippen LogP contribution >= 0.6 is 0 Å². The Kier molecular flexibility index (Phi) is 4.58. The number of carbonyl (C=O) groups is 3. The van der Waals surface area contributed by atoms with Crippen LogP contribution in [-0.2, 0) is 28.6 Å². The van der Waals surface area contributed by atoms with E-state index in [1.807, 2.05) is 0 Å². The monoisotopic (exact) mass is 360 g/mol. The first-order chi connectivity index (χ1) is 12.2. The summed E-state index contributed by atoms with van der Waals surface area (Å²) in [5.74, 6) is -2.69. The zero-order chi connectivity index (χ0) is 19.2. The second-order valence-electron chi connectivity index (χ2n) is 6.79. The Hall–Kier alpha value is -2.67. The van der Waals surface area contributed by atoms with Crippen molar-refractivity contribution in [2.45, 2.75) is 44.2 Å². The van der Waals surface area contributed by atoms with Gasteiger partial charge in [0.15, 0.2) is 0 Å². The summed E-state index contributed by atoms with van der Waals surface area (Å²) in [7, 11) is 0. The van der Waals surface area contributed by atoms with Crippen LogP contribution in [0.2, 0.25) is 0 Å². The van der Waals surface area contributed by atoms with Crippen molar-refractivity contribution in [3.05, 3.63) is 48.1 Å². The Balaban J connectivity index is 2.03. The molecule has 0 spiro atoms. The molecule has 1 fully saturated rings. The van der Waals surface area contributed by atoms with Crippen molar-refractivity contribution in [3.8, 4) is 0 Å². The zero-order valence-corrected chi connectivity index (χ0v) is 14.4. The van der Waals surface area contributed by atoms with Crippen LogP contribution in [0.5, 0.6) is 0 Å². The summed E-state index contributed by atoms with van der Waals surface area (Å²) in [5, 5.41) is 10.6. The van der Waals surface area contributed by atoms with Crippen molar-refractivity contribution in [1.82, 2.24) is 0 Å². The normalized spacial score (nSPS) is 33.8. The Bertz CT molecular complexity index is 760. The number of aliphatic hydroxyl groups is 1. The summed E-state index contributed by atoms with van der Waals surface area (Å²) in [4.78, 5) is 36.2. The lowest BCUT2D eigenvalue weighted by molar-refractivity contribution is -0.151. The molecular weight excluding hydrogens is 340 g/mol. The number of carbonyl (C=O) groups excluding carboxylic acids is 3. The molecule has 2 aliphatic heterocycles. The van der Waals surface area contributed by atoms with E-state index in [0.29, 0.717) is 11.1 Å². The van der Waals surface area contributed by atoms with Crippen LogP contribution in [0.1, 0.15) is 19.8 Å². The van der Waals surface area contributed by atoms with E-state index in [4.69, 9.17) is 14.2 Å². The third-order valence-electron chi connectivity index (χ3n) is 4.79. The highest BCUT2D eigenvalue weighted by molar-refractivity contribution is 5.93. The van der Waals surface area contributed by atoms with Crippen molar-refractivity contribution in [2.75, 3.05) is 0 Å². The van der Waals surface area contributed by atoms with Gasteiger partial charge >= 0.3 is 17.9 Å². The molecule has 1 aliphatic carbocycles. The predicted octanol–water partition coefficient (Wildman–Crippen LogP) is 1.13. The minimum atomic E-state index is -1.21. The Morgan fingerprint density at radius 3 is 2.58 bits per heavy atom. The maximum Gasteiger partial charge on any atom is 0.334 e. The Morgan fingerprint density at radius 1 is 1.23 bits per heavy atom. The summed E-state index contributed by atoms with van der Waals surface area (Å²) in [6.07, 6.45) is -1.86. The molecule has 26 heavy (non-hydrogen) atoms. The number of hydrogen-bond acceptors (Lipinski definition) is 7. The first kappa shape index (κ1) is 18.1. The van der Waals surface area contributed by atoms with Gasteiger partial charge < -0.3 is 19.3 Å². The second kappa shape index (κ2) is 6.57. The molecule has 0 radical (unpaired) electrons. The largest absolute Gasteiger partial charge is 0.458 e. The molecule has 0 unspecified atom stereocenters. The van der Waals surface area contributed by atoms with Gasteiger partial charge in [0.1, 0.15) is 24.4 Å². The minimum absolute atomic E-state index is 0.0182. The van der Waals surface area contributed by atoms with E-state index in [1.165, 1.54) is 6.92 Å². The summed E-state index contributed by atoms with van der Waals surface area (Å²) in [6, 6.07) is 0. The van der Waals surface area contributed by atoms with Gasteiger partial charge in [0.25, 0.3) is 0 Å². The predicted molar refractivity (Wildman–Crippen MR) is 89.5 cm³/mol. The van der Waals surface area contributed by atoms with Gasteiger partial charge in [0, 0.05) is 29.6 Å². The molecule has 1 saturated heterocycles. The third-order valence-corrected chi connectivity index (χ3v) is 4.79. The molecule has 2 bridgehead atoms. The van der Waals surface area contributed by atoms with E-state index < -0.39 is 48.2 Å². The van der Waals surface area contributed by atoms with Gasteiger partial charge in [-0.2, -0.15) is 0 Å². The number of ether oxygens (including phenoxy) is 3. The average molecular weight is 360 g/mol. The quantitative estimate of drug-likeness (QED) is 0.341. The minimum Gasteiger partial charge on any atom is -0.458 e. The van der Waals surface area contributed by atoms with Gasteiger partial charge in [-0.15, -0.1) is 0 Å². The molecule has 0 aromatic rings. The highest BCUT2D eigenvalue weighted by Gasteiger charge is 2.50. The van der Waals surface area contributed by atoms with Gasteiger partial charge in [0.2, 0.25) is 0 Å². The van der Waals surface area contributed by atoms with Crippen LogP contribution in [0.4, 0.5) is 0 Å². The van der Waals surface area contributed by atoms with E-state index in [0.717, 1.165) is 0 Å². The van der Waals surface area contributed by atoms with Crippen LogP contribution in [-0.4, -0.2) is 47.4 Å². The number of hydrogen-bond donors (Lipinski definition) is 1. The summed E-state index contributed by atoms with van der Waals surface area (Å²) in [6.45, 7) is 12.6. The van der Waals surface area contributed by atoms with Gasteiger partial charge in [-0.3, -0.25) is 0 Å². The van der Waals surface area contributed by atoms with E-state index in [9.17, 15) is 19.5 Å². The number of fused-ring (bicyclic) bond motifs is 2. The molecule has 7 heteroatoms. The van der Waals surface area contributed by atoms with Crippen LogP contribution in [0.3, 0.4) is 0 Å². The Morgan fingerprint density at radius 2 is 1.92 bits per heavy atom. The second-order valence-corrected chi connectivity index (χ2v) is 6.79. The molecule has 2 heterocycles. The van der Waals surface area contributed by atoms with E-state index in [2.05, 4.69) is 19.7 Å². The number of esters is 3. The summed E-state index contributed by atoms with van der Waals surface area (Å²) < 4.78 is 16.0. The van der Waals surface area contributed by atoms with Gasteiger partial charge in [-0.25, -0.2) is 14.4 Å². The summed E-state index contributed by atoms with van der Waals surface area (Å²) >= 11 is 0. The van der Waals surface area contributed by atoms with Gasteiger partial charge in [-0.1, -0.05) is 19.7 Å². The maximum absolute atomic E-state index is 12.1. The smallest absolute Gasteiger partial charge is 0.334 e. The van der Waals surface area contributed by atoms with Crippen LogP contribution < -0.4 is 0 Å². The van der Waals surface area contributed by atoms with Crippen molar-refractivity contribution >= 4 is 17.9 Å². The fourth-order valence-corrected chi connectivity index (χ4v) is 3.40. The Labute approximate surface area is 150 Å². The zero-order valence-electron chi connectivity index (χ0n) is 14.4.